The van der Waals surface area contributed by atoms with Crippen molar-refractivity contribution in [1.29, 1.82) is 0 Å². The maximum Gasteiger partial charge on any atom is 0.139 e. The molecule has 15 heavy (non-hydrogen) atoms. The molecule has 78 valence electrons. The van der Waals surface area contributed by atoms with E-state index in [1.807, 2.05) is 37.3 Å². The molecular formula is C11H13N3S. The zero-order valence-corrected chi connectivity index (χ0v) is 9.37. The lowest BCUT2D eigenvalue weighted by Gasteiger charge is -2.08. The molecule has 1 aromatic carbocycles. The Balaban J connectivity index is 2.07. The Bertz CT molecular complexity index is 424. The molecule has 0 fully saturated rings. The van der Waals surface area contributed by atoms with E-state index in [1.54, 1.807) is 0 Å². The van der Waals surface area contributed by atoms with Crippen molar-refractivity contribution in [3.05, 3.63) is 46.7 Å². The van der Waals surface area contributed by atoms with E-state index in [0.717, 1.165) is 22.8 Å². The largest absolute Gasteiger partial charge is 0.324 e. The summed E-state index contributed by atoms with van der Waals surface area (Å²) in [6.45, 7) is 1.90. The van der Waals surface area contributed by atoms with E-state index in [4.69, 9.17) is 5.73 Å². The van der Waals surface area contributed by atoms with Gasteiger partial charge in [0.1, 0.15) is 10.8 Å². The highest BCUT2D eigenvalue weighted by molar-refractivity contribution is 7.05. The molecule has 1 atom stereocenters. The third-order valence-electron chi connectivity index (χ3n) is 2.19. The van der Waals surface area contributed by atoms with Crippen LogP contribution >= 0.6 is 11.5 Å². The van der Waals surface area contributed by atoms with E-state index in [1.165, 1.54) is 11.5 Å². The highest BCUT2D eigenvalue weighted by Crippen LogP contribution is 2.16. The van der Waals surface area contributed by atoms with Gasteiger partial charge in [0.05, 0.1) is 0 Å². The van der Waals surface area contributed by atoms with Gasteiger partial charge in [-0.2, -0.15) is 4.37 Å². The molecule has 0 aliphatic heterocycles. The summed E-state index contributed by atoms with van der Waals surface area (Å²) < 4.78 is 4.14. The van der Waals surface area contributed by atoms with Gasteiger partial charge < -0.3 is 5.73 Å². The number of aryl methyl sites for hydroxylation is 1. The molecule has 0 bridgehead atoms. The van der Waals surface area contributed by atoms with Gasteiger partial charge in [0.25, 0.3) is 0 Å². The average Bonchev–Trinajstić information content (AvgIpc) is 2.65. The number of rotatable bonds is 3. The minimum Gasteiger partial charge on any atom is -0.324 e. The predicted molar refractivity (Wildman–Crippen MR) is 61.7 cm³/mol. The van der Waals surface area contributed by atoms with Gasteiger partial charge in [-0.25, -0.2) is 4.98 Å². The lowest BCUT2D eigenvalue weighted by molar-refractivity contribution is 0.716. The molecule has 1 aromatic heterocycles. The van der Waals surface area contributed by atoms with Crippen molar-refractivity contribution in [2.75, 3.05) is 0 Å². The Morgan fingerprint density at radius 1 is 1.33 bits per heavy atom. The fraction of sp³-hybridized carbons (Fsp3) is 0.273. The fourth-order valence-electron chi connectivity index (χ4n) is 1.43. The predicted octanol–water partition coefficient (Wildman–Crippen LogP) is 2.09. The van der Waals surface area contributed by atoms with Crippen molar-refractivity contribution in [1.82, 2.24) is 9.36 Å². The second-order valence-corrected chi connectivity index (χ2v) is 4.29. The van der Waals surface area contributed by atoms with Crippen LogP contribution < -0.4 is 5.73 Å². The Hall–Kier alpha value is -1.26. The molecule has 3 nitrogen and oxygen atoms in total. The van der Waals surface area contributed by atoms with Gasteiger partial charge in [-0.3, -0.25) is 0 Å². The topological polar surface area (TPSA) is 51.8 Å². The third-order valence-corrected chi connectivity index (χ3v) is 3.02. The van der Waals surface area contributed by atoms with E-state index in [9.17, 15) is 0 Å². The summed E-state index contributed by atoms with van der Waals surface area (Å²) in [6, 6.07) is 10.1. The average molecular weight is 219 g/mol. The molecule has 0 spiro atoms. The van der Waals surface area contributed by atoms with Gasteiger partial charge in [0.15, 0.2) is 0 Å². The molecule has 4 heteroatoms. The first-order valence-electron chi connectivity index (χ1n) is 4.85. The molecule has 0 saturated carbocycles. The van der Waals surface area contributed by atoms with Gasteiger partial charge in [-0.1, -0.05) is 30.3 Å². The lowest BCUT2D eigenvalue weighted by Crippen LogP contribution is -2.12. The van der Waals surface area contributed by atoms with Crippen molar-refractivity contribution in [3.63, 3.8) is 0 Å². The van der Waals surface area contributed by atoms with Gasteiger partial charge in [0, 0.05) is 12.5 Å². The molecule has 0 amide bonds. The second kappa shape index (κ2) is 4.51. The Morgan fingerprint density at radius 3 is 2.67 bits per heavy atom. The summed E-state index contributed by atoms with van der Waals surface area (Å²) >= 11 is 1.43. The lowest BCUT2D eigenvalue weighted by atomic mass is 10.1. The summed E-state index contributed by atoms with van der Waals surface area (Å²) in [4.78, 5) is 4.30. The molecule has 1 unspecified atom stereocenters. The Morgan fingerprint density at radius 2 is 2.07 bits per heavy atom. The molecule has 0 radical (unpaired) electrons. The van der Waals surface area contributed by atoms with Crippen LogP contribution in [-0.2, 0) is 6.42 Å². The Labute approximate surface area is 93.1 Å². The van der Waals surface area contributed by atoms with Gasteiger partial charge in [0.2, 0.25) is 0 Å². The van der Waals surface area contributed by atoms with E-state index in [-0.39, 0.29) is 6.04 Å². The first kappa shape index (κ1) is 10.3. The summed E-state index contributed by atoms with van der Waals surface area (Å²) in [5.41, 5.74) is 7.22. The first-order chi connectivity index (χ1) is 7.25. The summed E-state index contributed by atoms with van der Waals surface area (Å²) in [6.07, 6.45) is 0.759. The molecular weight excluding hydrogens is 206 g/mol. The van der Waals surface area contributed by atoms with Crippen molar-refractivity contribution in [3.8, 4) is 0 Å². The fourth-order valence-corrected chi connectivity index (χ4v) is 2.13. The number of nitrogens with two attached hydrogens (primary N) is 1. The number of nitrogens with zero attached hydrogens (tertiary/aromatic N) is 2. The number of aromatic nitrogens is 2. The smallest absolute Gasteiger partial charge is 0.139 e. The highest BCUT2D eigenvalue weighted by atomic mass is 32.1. The number of hydrogen-bond acceptors (Lipinski definition) is 4. The molecule has 1 heterocycles. The van der Waals surface area contributed by atoms with E-state index >= 15 is 0 Å². The zero-order valence-electron chi connectivity index (χ0n) is 8.55. The van der Waals surface area contributed by atoms with Gasteiger partial charge in [-0.15, -0.1) is 0 Å². The zero-order chi connectivity index (χ0) is 10.7. The molecule has 2 aromatic rings. The minimum absolute atomic E-state index is 0.0125. The van der Waals surface area contributed by atoms with Gasteiger partial charge >= 0.3 is 0 Å². The van der Waals surface area contributed by atoms with Gasteiger partial charge in [-0.05, 0) is 24.0 Å². The summed E-state index contributed by atoms with van der Waals surface area (Å²) in [5, 5.41) is 1.00. The quantitative estimate of drug-likeness (QED) is 0.860. The third kappa shape index (κ3) is 2.61. The maximum atomic E-state index is 6.08. The van der Waals surface area contributed by atoms with Crippen molar-refractivity contribution in [2.45, 2.75) is 19.4 Å². The van der Waals surface area contributed by atoms with Crippen LogP contribution in [0.3, 0.4) is 0 Å². The SMILES string of the molecule is Cc1nsc(CC(N)c2ccccc2)n1. The van der Waals surface area contributed by atoms with Crippen LogP contribution in [0.25, 0.3) is 0 Å². The summed E-state index contributed by atoms with van der Waals surface area (Å²) in [7, 11) is 0. The molecule has 0 aliphatic rings. The molecule has 2 N–H and O–H groups in total. The molecule has 0 saturated heterocycles. The van der Waals surface area contributed by atoms with Crippen LogP contribution in [-0.4, -0.2) is 9.36 Å². The van der Waals surface area contributed by atoms with E-state index < -0.39 is 0 Å². The van der Waals surface area contributed by atoms with Crippen molar-refractivity contribution in [2.24, 2.45) is 5.73 Å². The van der Waals surface area contributed by atoms with Crippen LogP contribution in [0.5, 0.6) is 0 Å². The van der Waals surface area contributed by atoms with Crippen LogP contribution in [0.15, 0.2) is 30.3 Å². The monoisotopic (exact) mass is 219 g/mol. The van der Waals surface area contributed by atoms with Crippen LogP contribution in [0.2, 0.25) is 0 Å². The highest BCUT2D eigenvalue weighted by Gasteiger charge is 2.09. The molecule has 0 aliphatic carbocycles. The minimum atomic E-state index is 0.0125. The van der Waals surface area contributed by atoms with E-state index in [2.05, 4.69) is 9.36 Å². The van der Waals surface area contributed by atoms with E-state index in [0.29, 0.717) is 0 Å². The number of hydrogen-bond donors (Lipinski definition) is 1. The van der Waals surface area contributed by atoms with Crippen LogP contribution in [0, 0.1) is 6.92 Å². The second-order valence-electron chi connectivity index (χ2n) is 3.46. The first-order valence-corrected chi connectivity index (χ1v) is 5.63. The van der Waals surface area contributed by atoms with Crippen molar-refractivity contribution < 1.29 is 0 Å². The normalized spacial score (nSPS) is 12.7. The maximum absolute atomic E-state index is 6.08. The standard InChI is InChI=1S/C11H13N3S/c1-8-13-11(15-14-8)7-10(12)9-5-3-2-4-6-9/h2-6,10H,7,12H2,1H3. The molecule has 2 rings (SSSR count). The van der Waals surface area contributed by atoms with Crippen LogP contribution in [0.4, 0.5) is 0 Å². The number of benzene rings is 1. The summed E-state index contributed by atoms with van der Waals surface area (Å²) in [5.74, 6) is 0.829. The van der Waals surface area contributed by atoms with Crippen LogP contribution in [0.1, 0.15) is 22.4 Å². The Kier molecular flexibility index (Phi) is 3.08. The van der Waals surface area contributed by atoms with Crippen molar-refractivity contribution >= 4 is 11.5 Å².